The number of rotatable bonds is 4. The molecule has 0 radical (unpaired) electrons. The van der Waals surface area contributed by atoms with E-state index >= 15 is 0 Å². The van der Waals surface area contributed by atoms with E-state index in [4.69, 9.17) is 15.2 Å². The Balaban J connectivity index is 2.70. The first-order chi connectivity index (χ1) is 10.0. The molecule has 2 aromatic rings. The Labute approximate surface area is 120 Å². The number of hydrogen-bond acceptors (Lipinski definition) is 3. The van der Waals surface area contributed by atoms with Gasteiger partial charge in [0.05, 0.1) is 14.2 Å². The predicted octanol–water partition coefficient (Wildman–Crippen LogP) is 3.25. The SMILES string of the molecule is COc1cc(CN)c(-c2cc(F)c(F)cc2F)cc1OC. The largest absolute Gasteiger partial charge is 0.493 e. The van der Waals surface area contributed by atoms with Crippen LogP contribution in [0.5, 0.6) is 11.5 Å². The third kappa shape index (κ3) is 2.80. The van der Waals surface area contributed by atoms with E-state index in [1.807, 2.05) is 0 Å². The lowest BCUT2D eigenvalue weighted by molar-refractivity contribution is 0.354. The molecule has 0 unspecified atom stereocenters. The maximum Gasteiger partial charge on any atom is 0.161 e. The summed E-state index contributed by atoms with van der Waals surface area (Å²) in [4.78, 5) is 0. The smallest absolute Gasteiger partial charge is 0.161 e. The van der Waals surface area contributed by atoms with Crippen LogP contribution in [0.3, 0.4) is 0 Å². The predicted molar refractivity (Wildman–Crippen MR) is 72.7 cm³/mol. The quantitative estimate of drug-likeness (QED) is 0.881. The molecule has 0 aliphatic heterocycles. The normalized spacial score (nSPS) is 10.6. The van der Waals surface area contributed by atoms with Gasteiger partial charge in [0.2, 0.25) is 0 Å². The van der Waals surface area contributed by atoms with Crippen molar-refractivity contribution in [2.24, 2.45) is 5.73 Å². The van der Waals surface area contributed by atoms with Gasteiger partial charge in [-0.1, -0.05) is 0 Å². The number of nitrogens with two attached hydrogens (primary N) is 1. The summed E-state index contributed by atoms with van der Waals surface area (Å²) in [6.45, 7) is 0.0775. The Morgan fingerprint density at radius 1 is 0.810 bits per heavy atom. The lowest BCUT2D eigenvalue weighted by atomic mass is 9.98. The Morgan fingerprint density at radius 2 is 1.38 bits per heavy atom. The van der Waals surface area contributed by atoms with Crippen LogP contribution in [-0.4, -0.2) is 14.2 Å². The molecular formula is C15H14F3NO2. The Hall–Kier alpha value is -2.21. The Bertz CT molecular complexity index is 674. The van der Waals surface area contributed by atoms with Crippen molar-refractivity contribution in [2.45, 2.75) is 6.54 Å². The van der Waals surface area contributed by atoms with Gasteiger partial charge in [0.1, 0.15) is 5.82 Å². The lowest BCUT2D eigenvalue weighted by Crippen LogP contribution is -2.03. The first-order valence-corrected chi connectivity index (χ1v) is 6.11. The minimum absolute atomic E-state index is 0.0775. The van der Waals surface area contributed by atoms with Crippen LogP contribution in [0.15, 0.2) is 24.3 Å². The van der Waals surface area contributed by atoms with Crippen LogP contribution in [0.1, 0.15) is 5.56 Å². The van der Waals surface area contributed by atoms with Crippen LogP contribution in [0.4, 0.5) is 13.2 Å². The molecule has 2 N–H and O–H groups in total. The van der Waals surface area contributed by atoms with E-state index in [0.29, 0.717) is 28.7 Å². The molecule has 0 spiro atoms. The molecule has 0 amide bonds. The van der Waals surface area contributed by atoms with Gasteiger partial charge < -0.3 is 15.2 Å². The summed E-state index contributed by atoms with van der Waals surface area (Å²) >= 11 is 0. The maximum absolute atomic E-state index is 13.9. The average molecular weight is 297 g/mol. The topological polar surface area (TPSA) is 44.5 Å². The molecule has 21 heavy (non-hydrogen) atoms. The van der Waals surface area contributed by atoms with Crippen molar-refractivity contribution in [2.75, 3.05) is 14.2 Å². The van der Waals surface area contributed by atoms with E-state index in [0.717, 1.165) is 6.07 Å². The van der Waals surface area contributed by atoms with E-state index < -0.39 is 17.5 Å². The van der Waals surface area contributed by atoms with Gasteiger partial charge in [0.15, 0.2) is 23.1 Å². The third-order valence-electron chi connectivity index (χ3n) is 3.13. The summed E-state index contributed by atoms with van der Waals surface area (Å²) in [5.74, 6) is -2.50. The van der Waals surface area contributed by atoms with E-state index in [9.17, 15) is 13.2 Å². The molecule has 2 aromatic carbocycles. The van der Waals surface area contributed by atoms with Gasteiger partial charge >= 0.3 is 0 Å². The number of hydrogen-bond donors (Lipinski definition) is 1. The second-order valence-electron chi connectivity index (χ2n) is 4.31. The minimum atomic E-state index is -1.24. The molecule has 0 saturated heterocycles. The van der Waals surface area contributed by atoms with Crippen LogP contribution in [-0.2, 0) is 6.54 Å². The standard InChI is InChI=1S/C15H14F3NO2/c1-20-14-3-8(7-19)9(5-15(14)21-2)10-4-12(17)13(18)6-11(10)16/h3-6H,7,19H2,1-2H3. The van der Waals surface area contributed by atoms with Gasteiger partial charge in [-0.2, -0.15) is 0 Å². The highest BCUT2D eigenvalue weighted by atomic mass is 19.2. The molecule has 0 fully saturated rings. The van der Waals surface area contributed by atoms with Gasteiger partial charge in [-0.25, -0.2) is 13.2 Å². The molecule has 0 atom stereocenters. The van der Waals surface area contributed by atoms with E-state index in [2.05, 4.69) is 0 Å². The first kappa shape index (κ1) is 15.2. The zero-order valence-electron chi connectivity index (χ0n) is 11.5. The highest BCUT2D eigenvalue weighted by Gasteiger charge is 2.17. The number of halogens is 3. The summed E-state index contributed by atoms with van der Waals surface area (Å²) in [6.07, 6.45) is 0. The number of benzene rings is 2. The van der Waals surface area contributed by atoms with Crippen LogP contribution < -0.4 is 15.2 Å². The van der Waals surface area contributed by atoms with Crippen LogP contribution in [0.2, 0.25) is 0 Å². The average Bonchev–Trinajstić information content (AvgIpc) is 2.49. The Morgan fingerprint density at radius 3 is 1.95 bits per heavy atom. The molecule has 3 nitrogen and oxygen atoms in total. The van der Waals surface area contributed by atoms with Crippen molar-refractivity contribution in [3.05, 3.63) is 47.3 Å². The van der Waals surface area contributed by atoms with Gasteiger partial charge in [-0.15, -0.1) is 0 Å². The zero-order chi connectivity index (χ0) is 15.6. The molecule has 112 valence electrons. The van der Waals surface area contributed by atoms with Crippen molar-refractivity contribution in [1.82, 2.24) is 0 Å². The zero-order valence-corrected chi connectivity index (χ0v) is 11.5. The summed E-state index contributed by atoms with van der Waals surface area (Å²) in [5, 5.41) is 0. The minimum Gasteiger partial charge on any atom is -0.493 e. The fraction of sp³-hybridized carbons (Fsp3) is 0.200. The number of methoxy groups -OCH3 is 2. The van der Waals surface area contributed by atoms with Gasteiger partial charge in [-0.3, -0.25) is 0 Å². The Kier molecular flexibility index (Phi) is 4.37. The molecule has 0 heterocycles. The highest BCUT2D eigenvalue weighted by molar-refractivity contribution is 5.72. The first-order valence-electron chi connectivity index (χ1n) is 6.11. The molecule has 0 aliphatic carbocycles. The van der Waals surface area contributed by atoms with E-state index in [1.165, 1.54) is 20.3 Å². The monoisotopic (exact) mass is 297 g/mol. The van der Waals surface area contributed by atoms with Crippen molar-refractivity contribution in [3.63, 3.8) is 0 Å². The molecule has 0 saturated carbocycles. The van der Waals surface area contributed by atoms with Gasteiger partial charge in [-0.05, 0) is 29.3 Å². The second kappa shape index (κ2) is 6.05. The summed E-state index contributed by atoms with van der Waals surface area (Å²) in [7, 11) is 2.88. The molecule has 6 heteroatoms. The summed E-state index contributed by atoms with van der Waals surface area (Å²) in [6, 6.07) is 4.36. The molecule has 0 aromatic heterocycles. The molecule has 2 rings (SSSR count). The van der Waals surface area contributed by atoms with Crippen LogP contribution in [0, 0.1) is 17.5 Å². The van der Waals surface area contributed by atoms with Crippen LogP contribution in [0.25, 0.3) is 11.1 Å². The van der Waals surface area contributed by atoms with Crippen molar-refractivity contribution < 1.29 is 22.6 Å². The second-order valence-corrected chi connectivity index (χ2v) is 4.31. The molecular weight excluding hydrogens is 283 g/mol. The molecule has 0 aliphatic rings. The third-order valence-corrected chi connectivity index (χ3v) is 3.13. The number of ether oxygens (including phenoxy) is 2. The highest BCUT2D eigenvalue weighted by Crippen LogP contribution is 2.37. The maximum atomic E-state index is 13.9. The van der Waals surface area contributed by atoms with Gasteiger partial charge in [0.25, 0.3) is 0 Å². The van der Waals surface area contributed by atoms with Crippen molar-refractivity contribution >= 4 is 0 Å². The van der Waals surface area contributed by atoms with Crippen LogP contribution >= 0.6 is 0 Å². The van der Waals surface area contributed by atoms with Crippen molar-refractivity contribution in [1.29, 1.82) is 0 Å². The molecule has 0 bridgehead atoms. The fourth-order valence-electron chi connectivity index (χ4n) is 2.07. The van der Waals surface area contributed by atoms with Crippen molar-refractivity contribution in [3.8, 4) is 22.6 Å². The van der Waals surface area contributed by atoms with E-state index in [1.54, 1.807) is 6.07 Å². The summed E-state index contributed by atoms with van der Waals surface area (Å²) in [5.41, 5.74) is 6.40. The summed E-state index contributed by atoms with van der Waals surface area (Å²) < 4.78 is 50.6. The van der Waals surface area contributed by atoms with Gasteiger partial charge in [0, 0.05) is 18.2 Å². The fourth-order valence-corrected chi connectivity index (χ4v) is 2.07. The van der Waals surface area contributed by atoms with E-state index in [-0.39, 0.29) is 12.1 Å². The lowest BCUT2D eigenvalue weighted by Gasteiger charge is -2.15.